The Bertz CT molecular complexity index is 534. The number of rotatable bonds is 1. The number of pyridine rings is 1. The molecule has 100 valence electrons. The number of fused-ring (bicyclic) bond motifs is 1. The van der Waals surface area contributed by atoms with Gasteiger partial charge in [0.1, 0.15) is 0 Å². The van der Waals surface area contributed by atoms with Crippen molar-refractivity contribution in [1.29, 1.82) is 0 Å². The van der Waals surface area contributed by atoms with Gasteiger partial charge in [0, 0.05) is 19.3 Å². The van der Waals surface area contributed by atoms with Gasteiger partial charge in [-0.15, -0.1) is 0 Å². The lowest BCUT2D eigenvalue weighted by atomic mass is 9.91. The first-order valence-electron chi connectivity index (χ1n) is 6.36. The van der Waals surface area contributed by atoms with E-state index in [9.17, 15) is 14.0 Å². The van der Waals surface area contributed by atoms with Gasteiger partial charge in [0.15, 0.2) is 5.82 Å². The maximum Gasteiger partial charge on any atom is 0.257 e. The Balaban J connectivity index is 1.87. The summed E-state index contributed by atoms with van der Waals surface area (Å²) < 4.78 is 13.6. The molecule has 19 heavy (non-hydrogen) atoms. The highest BCUT2D eigenvalue weighted by Crippen LogP contribution is 2.28. The van der Waals surface area contributed by atoms with Crippen molar-refractivity contribution in [2.24, 2.45) is 5.92 Å². The minimum atomic E-state index is -0.619. The van der Waals surface area contributed by atoms with Crippen molar-refractivity contribution in [1.82, 2.24) is 15.2 Å². The minimum Gasteiger partial charge on any atom is -0.354 e. The number of nitrogens with one attached hydrogen (secondary N) is 1. The van der Waals surface area contributed by atoms with Gasteiger partial charge in [0.25, 0.3) is 5.91 Å². The van der Waals surface area contributed by atoms with Gasteiger partial charge in [-0.1, -0.05) is 0 Å². The molecular formula is C13H14FN3O2. The molecule has 1 N–H and O–H groups in total. The molecule has 1 aromatic heterocycles. The van der Waals surface area contributed by atoms with Crippen LogP contribution in [0.15, 0.2) is 18.5 Å². The van der Waals surface area contributed by atoms with Crippen molar-refractivity contribution in [2.45, 2.75) is 18.9 Å². The Morgan fingerprint density at radius 1 is 1.53 bits per heavy atom. The molecule has 0 spiro atoms. The molecule has 2 saturated heterocycles. The Morgan fingerprint density at radius 3 is 3.16 bits per heavy atom. The molecule has 2 aliphatic heterocycles. The van der Waals surface area contributed by atoms with E-state index in [2.05, 4.69) is 10.3 Å². The van der Waals surface area contributed by atoms with Crippen molar-refractivity contribution in [3.8, 4) is 0 Å². The second kappa shape index (κ2) is 4.60. The van der Waals surface area contributed by atoms with Gasteiger partial charge >= 0.3 is 0 Å². The van der Waals surface area contributed by atoms with E-state index in [0.29, 0.717) is 13.1 Å². The van der Waals surface area contributed by atoms with Crippen molar-refractivity contribution >= 4 is 11.8 Å². The predicted molar refractivity (Wildman–Crippen MR) is 64.8 cm³/mol. The van der Waals surface area contributed by atoms with Crippen LogP contribution >= 0.6 is 0 Å². The first kappa shape index (κ1) is 12.1. The van der Waals surface area contributed by atoms with E-state index in [-0.39, 0.29) is 29.3 Å². The fraction of sp³-hybridized carbons (Fsp3) is 0.462. The van der Waals surface area contributed by atoms with Crippen molar-refractivity contribution < 1.29 is 14.0 Å². The molecule has 2 unspecified atom stereocenters. The van der Waals surface area contributed by atoms with Gasteiger partial charge in [-0.2, -0.15) is 0 Å². The molecule has 3 heterocycles. The lowest BCUT2D eigenvalue weighted by Crippen LogP contribution is -2.48. The molecule has 2 amide bonds. The maximum absolute atomic E-state index is 13.6. The van der Waals surface area contributed by atoms with Crippen LogP contribution in [0.4, 0.5) is 4.39 Å². The van der Waals surface area contributed by atoms with E-state index in [1.165, 1.54) is 12.3 Å². The number of likely N-dealkylation sites (tertiary alicyclic amines) is 1. The van der Waals surface area contributed by atoms with Gasteiger partial charge < -0.3 is 10.2 Å². The third-order valence-corrected chi connectivity index (χ3v) is 3.86. The molecule has 0 saturated carbocycles. The molecule has 2 aliphatic rings. The van der Waals surface area contributed by atoms with Crippen LogP contribution in [0.2, 0.25) is 0 Å². The van der Waals surface area contributed by atoms with Crippen LogP contribution < -0.4 is 5.32 Å². The van der Waals surface area contributed by atoms with E-state index in [1.54, 1.807) is 4.90 Å². The number of carbonyl (C=O) groups excluding carboxylic acids is 2. The van der Waals surface area contributed by atoms with Crippen LogP contribution in [0.25, 0.3) is 0 Å². The molecule has 0 aromatic carbocycles. The van der Waals surface area contributed by atoms with Crippen molar-refractivity contribution in [3.05, 3.63) is 29.8 Å². The number of piperidine rings is 1. The topological polar surface area (TPSA) is 62.3 Å². The van der Waals surface area contributed by atoms with E-state index in [0.717, 1.165) is 19.0 Å². The normalized spacial score (nSPS) is 25.9. The smallest absolute Gasteiger partial charge is 0.257 e. The average Bonchev–Trinajstić information content (AvgIpc) is 2.80. The van der Waals surface area contributed by atoms with Crippen LogP contribution in [-0.4, -0.2) is 40.8 Å². The minimum absolute atomic E-state index is 0.00213. The van der Waals surface area contributed by atoms with Crippen LogP contribution in [0.5, 0.6) is 0 Å². The summed E-state index contributed by atoms with van der Waals surface area (Å²) in [5.41, 5.74) is 0.0231. The molecule has 0 radical (unpaired) electrons. The average molecular weight is 263 g/mol. The molecule has 6 heteroatoms. The van der Waals surface area contributed by atoms with Crippen molar-refractivity contribution in [2.75, 3.05) is 13.1 Å². The van der Waals surface area contributed by atoms with E-state index < -0.39 is 5.82 Å². The number of halogens is 1. The van der Waals surface area contributed by atoms with Gasteiger partial charge in [0.05, 0.1) is 23.7 Å². The zero-order valence-corrected chi connectivity index (χ0v) is 10.3. The summed E-state index contributed by atoms with van der Waals surface area (Å²) in [5, 5.41) is 2.77. The number of hydrogen-bond acceptors (Lipinski definition) is 3. The molecule has 3 rings (SSSR count). The van der Waals surface area contributed by atoms with E-state index in [4.69, 9.17) is 0 Å². The number of nitrogens with zero attached hydrogens (tertiary/aromatic N) is 2. The van der Waals surface area contributed by atoms with Gasteiger partial charge in [-0.25, -0.2) is 4.39 Å². The maximum atomic E-state index is 13.6. The predicted octanol–water partition coefficient (Wildman–Crippen LogP) is 0.571. The monoisotopic (exact) mass is 263 g/mol. The first-order valence-corrected chi connectivity index (χ1v) is 6.36. The number of aromatic nitrogens is 1. The summed E-state index contributed by atoms with van der Waals surface area (Å²) in [4.78, 5) is 29.3. The molecule has 0 bridgehead atoms. The molecule has 2 atom stereocenters. The highest BCUT2D eigenvalue weighted by molar-refractivity contribution is 5.95. The summed E-state index contributed by atoms with van der Waals surface area (Å²) in [6, 6.07) is 1.23. The number of hydrogen-bond donors (Lipinski definition) is 1. The molecule has 0 aliphatic carbocycles. The van der Waals surface area contributed by atoms with E-state index >= 15 is 0 Å². The number of carbonyl (C=O) groups is 2. The van der Waals surface area contributed by atoms with Crippen LogP contribution in [0.1, 0.15) is 23.2 Å². The molecule has 1 aromatic rings. The van der Waals surface area contributed by atoms with Crippen LogP contribution in [0.3, 0.4) is 0 Å². The van der Waals surface area contributed by atoms with Crippen molar-refractivity contribution in [3.63, 3.8) is 0 Å². The quantitative estimate of drug-likeness (QED) is 0.805. The third kappa shape index (κ3) is 1.97. The fourth-order valence-corrected chi connectivity index (χ4v) is 2.91. The molecule has 5 nitrogen and oxygen atoms in total. The highest BCUT2D eigenvalue weighted by atomic mass is 19.1. The molecule has 2 fully saturated rings. The van der Waals surface area contributed by atoms with Gasteiger partial charge in [-0.05, 0) is 18.9 Å². The van der Waals surface area contributed by atoms with E-state index in [1.807, 2.05) is 0 Å². The van der Waals surface area contributed by atoms with Crippen LogP contribution in [0, 0.1) is 11.7 Å². The van der Waals surface area contributed by atoms with Gasteiger partial charge in [0.2, 0.25) is 5.91 Å². The second-order valence-corrected chi connectivity index (χ2v) is 4.92. The SMILES string of the molecule is O=C1NCC2C1CCCN2C(=O)c1ccncc1F. The summed E-state index contributed by atoms with van der Waals surface area (Å²) in [6.45, 7) is 1.03. The standard InChI is InChI=1S/C13H14FN3O2/c14-10-6-15-4-3-8(10)13(19)17-5-1-2-9-11(17)7-16-12(9)18/h3-4,6,9,11H,1-2,5,7H2,(H,16,18). The molecular weight excluding hydrogens is 249 g/mol. The zero-order chi connectivity index (χ0) is 13.4. The largest absolute Gasteiger partial charge is 0.354 e. The third-order valence-electron chi connectivity index (χ3n) is 3.86. The Morgan fingerprint density at radius 2 is 2.37 bits per heavy atom. The summed E-state index contributed by atoms with van der Waals surface area (Å²) in [7, 11) is 0. The zero-order valence-electron chi connectivity index (χ0n) is 10.3. The first-order chi connectivity index (χ1) is 9.18. The Labute approximate surface area is 109 Å². The number of amides is 2. The summed E-state index contributed by atoms with van der Waals surface area (Å²) in [5.74, 6) is -1.13. The Hall–Kier alpha value is -1.98. The van der Waals surface area contributed by atoms with Gasteiger partial charge in [-0.3, -0.25) is 14.6 Å². The lowest BCUT2D eigenvalue weighted by molar-refractivity contribution is -0.123. The highest BCUT2D eigenvalue weighted by Gasteiger charge is 2.43. The van der Waals surface area contributed by atoms with Crippen LogP contribution in [-0.2, 0) is 4.79 Å². The Kier molecular flexibility index (Phi) is 2.93. The summed E-state index contributed by atoms with van der Waals surface area (Å²) in [6.07, 6.45) is 3.99. The lowest BCUT2D eigenvalue weighted by Gasteiger charge is -2.35. The second-order valence-electron chi connectivity index (χ2n) is 4.92. The fourth-order valence-electron chi connectivity index (χ4n) is 2.91. The summed E-state index contributed by atoms with van der Waals surface area (Å²) >= 11 is 0.